The van der Waals surface area contributed by atoms with Crippen LogP contribution < -0.4 is 5.32 Å². The standard InChI is InChI=1S/C13H16N4S/c1-3-8-14-13(18)17-16-12-9(2)15-11-7-5-4-6-10(11)12/h4-7,15H,3,8H2,1-2H3,(H,14,18). The summed E-state index contributed by atoms with van der Waals surface area (Å²) in [6.07, 6.45) is 1.02. The number of para-hydroxylation sites is 1. The Morgan fingerprint density at radius 3 is 2.94 bits per heavy atom. The van der Waals surface area contributed by atoms with E-state index in [0.29, 0.717) is 5.11 Å². The average molecular weight is 260 g/mol. The van der Waals surface area contributed by atoms with Gasteiger partial charge in [-0.3, -0.25) is 0 Å². The number of aromatic amines is 1. The molecule has 1 aromatic heterocycles. The highest BCUT2D eigenvalue weighted by Gasteiger charge is 2.06. The van der Waals surface area contributed by atoms with Gasteiger partial charge in [0, 0.05) is 23.1 Å². The van der Waals surface area contributed by atoms with E-state index in [1.54, 1.807) is 0 Å². The third kappa shape index (κ3) is 2.73. The fourth-order valence-electron chi connectivity index (χ4n) is 1.75. The molecule has 18 heavy (non-hydrogen) atoms. The summed E-state index contributed by atoms with van der Waals surface area (Å²) in [5.74, 6) is 0. The molecule has 2 aromatic rings. The van der Waals surface area contributed by atoms with Gasteiger partial charge in [-0.05, 0) is 31.6 Å². The molecule has 0 unspecified atom stereocenters. The Morgan fingerprint density at radius 2 is 2.17 bits per heavy atom. The molecular formula is C13H16N4S. The Balaban J connectivity index is 2.23. The van der Waals surface area contributed by atoms with Crippen LogP contribution in [0.25, 0.3) is 10.9 Å². The van der Waals surface area contributed by atoms with Gasteiger partial charge in [-0.1, -0.05) is 25.1 Å². The van der Waals surface area contributed by atoms with E-state index in [1.807, 2.05) is 31.2 Å². The van der Waals surface area contributed by atoms with Crippen molar-refractivity contribution < 1.29 is 0 Å². The van der Waals surface area contributed by atoms with Crippen molar-refractivity contribution in [1.82, 2.24) is 10.3 Å². The van der Waals surface area contributed by atoms with Crippen molar-refractivity contribution in [3.05, 3.63) is 30.0 Å². The van der Waals surface area contributed by atoms with Crippen molar-refractivity contribution in [2.75, 3.05) is 6.54 Å². The molecule has 0 spiro atoms. The zero-order valence-corrected chi connectivity index (χ0v) is 11.3. The second-order valence-corrected chi connectivity index (χ2v) is 4.46. The minimum Gasteiger partial charge on any atom is -0.360 e. The third-order valence-corrected chi connectivity index (χ3v) is 2.85. The molecule has 2 N–H and O–H groups in total. The number of H-pyrrole nitrogens is 1. The summed E-state index contributed by atoms with van der Waals surface area (Å²) in [5, 5.41) is 12.8. The number of thiocarbonyl (C=S) groups is 1. The molecule has 0 saturated heterocycles. The quantitative estimate of drug-likeness (QED) is 0.650. The van der Waals surface area contributed by atoms with Gasteiger partial charge in [0.05, 0.1) is 0 Å². The predicted molar refractivity (Wildman–Crippen MR) is 78.4 cm³/mol. The molecule has 0 fully saturated rings. The van der Waals surface area contributed by atoms with Crippen molar-refractivity contribution in [2.45, 2.75) is 20.3 Å². The Morgan fingerprint density at radius 1 is 1.39 bits per heavy atom. The normalized spacial score (nSPS) is 11.2. The molecule has 0 saturated carbocycles. The fraction of sp³-hybridized carbons (Fsp3) is 0.308. The van der Waals surface area contributed by atoms with Gasteiger partial charge in [0.2, 0.25) is 5.11 Å². The van der Waals surface area contributed by atoms with E-state index in [1.165, 1.54) is 0 Å². The van der Waals surface area contributed by atoms with E-state index >= 15 is 0 Å². The molecular weight excluding hydrogens is 244 g/mol. The molecule has 0 radical (unpaired) electrons. The van der Waals surface area contributed by atoms with Gasteiger partial charge in [-0.25, -0.2) is 0 Å². The summed E-state index contributed by atoms with van der Waals surface area (Å²) < 4.78 is 0. The van der Waals surface area contributed by atoms with Crippen molar-refractivity contribution in [2.24, 2.45) is 10.2 Å². The third-order valence-electron chi connectivity index (χ3n) is 2.63. The topological polar surface area (TPSA) is 52.5 Å². The summed E-state index contributed by atoms with van der Waals surface area (Å²) in [7, 11) is 0. The van der Waals surface area contributed by atoms with Crippen LogP contribution >= 0.6 is 12.2 Å². The molecule has 0 aliphatic carbocycles. The summed E-state index contributed by atoms with van der Waals surface area (Å²) in [4.78, 5) is 3.28. The first-order valence-corrected chi connectivity index (χ1v) is 6.40. The summed E-state index contributed by atoms with van der Waals surface area (Å²) in [6, 6.07) is 8.03. The summed E-state index contributed by atoms with van der Waals surface area (Å²) >= 11 is 5.08. The van der Waals surface area contributed by atoms with E-state index in [-0.39, 0.29) is 0 Å². The van der Waals surface area contributed by atoms with Gasteiger partial charge in [0.15, 0.2) is 0 Å². The van der Waals surface area contributed by atoms with Crippen molar-refractivity contribution in [3.63, 3.8) is 0 Å². The Labute approximate surface area is 112 Å². The predicted octanol–water partition coefficient (Wildman–Crippen LogP) is 3.84. The molecule has 0 aliphatic rings. The first kappa shape index (κ1) is 12.7. The van der Waals surface area contributed by atoms with Crippen LogP contribution in [-0.4, -0.2) is 16.6 Å². The highest BCUT2D eigenvalue weighted by molar-refractivity contribution is 7.80. The van der Waals surface area contributed by atoms with Gasteiger partial charge >= 0.3 is 0 Å². The van der Waals surface area contributed by atoms with Crippen LogP contribution in [0.5, 0.6) is 0 Å². The molecule has 0 bridgehead atoms. The van der Waals surface area contributed by atoms with Crippen molar-refractivity contribution in [1.29, 1.82) is 0 Å². The maximum absolute atomic E-state index is 5.08. The zero-order valence-electron chi connectivity index (χ0n) is 10.5. The number of nitrogens with zero attached hydrogens (tertiary/aromatic N) is 2. The van der Waals surface area contributed by atoms with E-state index in [2.05, 4.69) is 27.5 Å². The first-order chi connectivity index (χ1) is 8.72. The van der Waals surface area contributed by atoms with Gasteiger partial charge in [0.25, 0.3) is 0 Å². The molecule has 4 nitrogen and oxygen atoms in total. The average Bonchev–Trinajstić information content (AvgIpc) is 2.69. The van der Waals surface area contributed by atoms with E-state index in [9.17, 15) is 0 Å². The van der Waals surface area contributed by atoms with Gasteiger partial charge in [-0.15, -0.1) is 10.2 Å². The second kappa shape index (κ2) is 5.73. The van der Waals surface area contributed by atoms with Crippen LogP contribution in [0.4, 0.5) is 5.69 Å². The number of hydrogen-bond donors (Lipinski definition) is 2. The van der Waals surface area contributed by atoms with E-state index in [0.717, 1.165) is 35.2 Å². The highest BCUT2D eigenvalue weighted by Crippen LogP contribution is 2.29. The SMILES string of the molecule is CCCNC(=S)N=Nc1c(C)[nH]c2ccccc12. The van der Waals surface area contributed by atoms with E-state index < -0.39 is 0 Å². The van der Waals surface area contributed by atoms with Gasteiger partial charge in [0.1, 0.15) is 5.69 Å². The zero-order chi connectivity index (χ0) is 13.0. The Kier molecular flexibility index (Phi) is 4.04. The summed E-state index contributed by atoms with van der Waals surface area (Å²) in [6.45, 7) is 4.89. The molecule has 2 rings (SSSR count). The minimum absolute atomic E-state index is 0.432. The van der Waals surface area contributed by atoms with Crippen LogP contribution in [0, 0.1) is 6.92 Å². The number of aryl methyl sites for hydroxylation is 1. The lowest BCUT2D eigenvalue weighted by molar-refractivity contribution is 0.839. The number of hydrogen-bond acceptors (Lipinski definition) is 2. The lowest BCUT2D eigenvalue weighted by Gasteiger charge is -1.98. The number of fused-ring (bicyclic) bond motifs is 1. The second-order valence-electron chi connectivity index (χ2n) is 4.08. The van der Waals surface area contributed by atoms with Crippen LogP contribution in [0.2, 0.25) is 0 Å². The number of aromatic nitrogens is 1. The lowest BCUT2D eigenvalue weighted by atomic mass is 10.2. The molecule has 0 amide bonds. The maximum atomic E-state index is 5.08. The smallest absolute Gasteiger partial charge is 0.213 e. The maximum Gasteiger partial charge on any atom is 0.213 e. The van der Waals surface area contributed by atoms with Crippen molar-refractivity contribution >= 4 is 33.9 Å². The van der Waals surface area contributed by atoms with Crippen LogP contribution in [0.3, 0.4) is 0 Å². The van der Waals surface area contributed by atoms with Crippen molar-refractivity contribution in [3.8, 4) is 0 Å². The number of azo groups is 1. The number of benzene rings is 1. The monoisotopic (exact) mass is 260 g/mol. The van der Waals surface area contributed by atoms with Crippen LogP contribution in [-0.2, 0) is 0 Å². The fourth-order valence-corrected chi connectivity index (χ4v) is 1.90. The lowest BCUT2D eigenvalue weighted by Crippen LogP contribution is -2.19. The Hall–Kier alpha value is -1.75. The highest BCUT2D eigenvalue weighted by atomic mass is 32.1. The molecule has 1 aromatic carbocycles. The van der Waals surface area contributed by atoms with E-state index in [4.69, 9.17) is 12.2 Å². The van der Waals surface area contributed by atoms with Gasteiger partial charge in [-0.2, -0.15) is 0 Å². The number of rotatable bonds is 3. The molecule has 94 valence electrons. The largest absolute Gasteiger partial charge is 0.360 e. The Bertz CT molecular complexity index is 586. The first-order valence-electron chi connectivity index (χ1n) is 5.99. The van der Waals surface area contributed by atoms with Gasteiger partial charge < -0.3 is 10.3 Å². The van der Waals surface area contributed by atoms with Crippen LogP contribution in [0.1, 0.15) is 19.0 Å². The molecule has 0 atom stereocenters. The number of nitrogens with one attached hydrogen (secondary N) is 2. The summed E-state index contributed by atoms with van der Waals surface area (Å²) in [5.41, 5.74) is 2.92. The molecule has 0 aliphatic heterocycles. The molecule has 1 heterocycles. The molecule has 5 heteroatoms. The van der Waals surface area contributed by atoms with Crippen LogP contribution in [0.15, 0.2) is 34.5 Å². The minimum atomic E-state index is 0.432.